The van der Waals surface area contributed by atoms with Crippen LogP contribution in [0.25, 0.3) is 11.0 Å². The van der Waals surface area contributed by atoms with E-state index in [1.807, 2.05) is 20.8 Å². The molecular weight excluding hydrogens is 370 g/mol. The lowest BCUT2D eigenvalue weighted by molar-refractivity contribution is 0.0946. The first-order chi connectivity index (χ1) is 13.2. The van der Waals surface area contributed by atoms with Gasteiger partial charge in [0.05, 0.1) is 11.7 Å². The number of fused-ring (bicyclic) bond motifs is 1. The Morgan fingerprint density at radius 2 is 1.89 bits per heavy atom. The molecule has 0 spiro atoms. The first-order valence-electron chi connectivity index (χ1n) is 8.63. The van der Waals surface area contributed by atoms with Gasteiger partial charge in [0.25, 0.3) is 11.5 Å². The number of aromatic amines is 1. The number of rotatable bonds is 5. The number of aromatic nitrogens is 4. The lowest BCUT2D eigenvalue weighted by Gasteiger charge is -2.19. The minimum atomic E-state index is -0.933. The highest BCUT2D eigenvalue weighted by molar-refractivity contribution is 5.94. The second-order valence-corrected chi connectivity index (χ2v) is 7.16. The molecule has 3 N–H and O–H groups in total. The molecule has 1 amide bonds. The van der Waals surface area contributed by atoms with E-state index in [4.69, 9.17) is 0 Å². The molecule has 8 nitrogen and oxygen atoms in total. The van der Waals surface area contributed by atoms with Gasteiger partial charge in [0.2, 0.25) is 5.95 Å². The van der Waals surface area contributed by atoms with E-state index in [1.165, 1.54) is 12.3 Å². The van der Waals surface area contributed by atoms with Crippen molar-refractivity contribution in [2.45, 2.75) is 26.3 Å². The van der Waals surface area contributed by atoms with Crippen LogP contribution >= 0.6 is 0 Å². The quantitative estimate of drug-likeness (QED) is 0.578. The van der Waals surface area contributed by atoms with E-state index in [-0.39, 0.29) is 30.1 Å². The number of nitrogens with one attached hydrogen (secondary N) is 3. The zero-order chi connectivity index (χ0) is 20.5. The van der Waals surface area contributed by atoms with E-state index < -0.39 is 23.1 Å². The Morgan fingerprint density at radius 3 is 2.54 bits per heavy atom. The molecule has 148 valence electrons. The molecule has 0 aliphatic rings. The van der Waals surface area contributed by atoms with Gasteiger partial charge in [0, 0.05) is 13.1 Å². The van der Waals surface area contributed by atoms with Crippen LogP contribution in [0.3, 0.4) is 0 Å². The molecule has 0 atom stereocenters. The first-order valence-corrected chi connectivity index (χ1v) is 8.63. The van der Waals surface area contributed by atoms with Gasteiger partial charge >= 0.3 is 0 Å². The summed E-state index contributed by atoms with van der Waals surface area (Å²) < 4.78 is 28.8. The van der Waals surface area contributed by atoms with Crippen LogP contribution in [0, 0.1) is 11.6 Å². The summed E-state index contributed by atoms with van der Waals surface area (Å²) in [6.45, 7) is 6.05. The molecule has 2 aromatic heterocycles. The number of H-pyrrole nitrogens is 1. The van der Waals surface area contributed by atoms with E-state index in [0.29, 0.717) is 11.0 Å². The fourth-order valence-electron chi connectivity index (χ4n) is 2.65. The number of amides is 1. The average Bonchev–Trinajstić information content (AvgIpc) is 3.03. The third kappa shape index (κ3) is 3.85. The fraction of sp³-hybridized carbons (Fsp3) is 0.333. The summed E-state index contributed by atoms with van der Waals surface area (Å²) in [7, 11) is 0. The largest absolute Gasteiger partial charge is 0.354 e. The lowest BCUT2D eigenvalue weighted by atomic mass is 10.1. The van der Waals surface area contributed by atoms with Gasteiger partial charge in [-0.2, -0.15) is 10.1 Å². The van der Waals surface area contributed by atoms with Crippen LogP contribution in [-0.4, -0.2) is 38.7 Å². The highest BCUT2D eigenvalue weighted by Crippen LogP contribution is 2.18. The van der Waals surface area contributed by atoms with Gasteiger partial charge in [-0.15, -0.1) is 0 Å². The molecular formula is C18H20F2N6O2. The zero-order valence-corrected chi connectivity index (χ0v) is 15.6. The van der Waals surface area contributed by atoms with Gasteiger partial charge in [0.15, 0.2) is 5.65 Å². The topological polar surface area (TPSA) is 105 Å². The van der Waals surface area contributed by atoms with Crippen LogP contribution in [0.2, 0.25) is 0 Å². The van der Waals surface area contributed by atoms with Crippen LogP contribution in [0.5, 0.6) is 0 Å². The van der Waals surface area contributed by atoms with Gasteiger partial charge in [-0.3, -0.25) is 14.6 Å². The van der Waals surface area contributed by atoms with E-state index >= 15 is 0 Å². The second kappa shape index (κ2) is 7.37. The molecule has 0 unspecified atom stereocenters. The van der Waals surface area contributed by atoms with E-state index in [0.717, 1.165) is 12.1 Å². The van der Waals surface area contributed by atoms with Crippen molar-refractivity contribution in [1.82, 2.24) is 25.1 Å². The minimum absolute atomic E-state index is 0.0624. The van der Waals surface area contributed by atoms with Crippen LogP contribution < -0.4 is 16.2 Å². The maximum Gasteiger partial charge on any atom is 0.263 e. The molecule has 0 aliphatic heterocycles. The van der Waals surface area contributed by atoms with Crippen LogP contribution in [0.1, 0.15) is 31.1 Å². The highest BCUT2D eigenvalue weighted by atomic mass is 19.1. The summed E-state index contributed by atoms with van der Waals surface area (Å²) in [6.07, 6.45) is 1.46. The Morgan fingerprint density at radius 1 is 1.21 bits per heavy atom. The number of hydrogen-bond donors (Lipinski definition) is 3. The second-order valence-electron chi connectivity index (χ2n) is 7.16. The summed E-state index contributed by atoms with van der Waals surface area (Å²) in [5.41, 5.74) is -0.918. The van der Waals surface area contributed by atoms with Gasteiger partial charge in [-0.25, -0.2) is 13.5 Å². The maximum atomic E-state index is 13.6. The normalized spacial score (nSPS) is 11.6. The highest BCUT2D eigenvalue weighted by Gasteiger charge is 2.20. The van der Waals surface area contributed by atoms with Gasteiger partial charge in [-0.05, 0) is 32.9 Å². The SMILES string of the molecule is CC(C)(C)n1ncc2c(=O)[nH]c(NCCNC(=O)c3c(F)cccc3F)nc21. The van der Waals surface area contributed by atoms with Crippen molar-refractivity contribution in [3.8, 4) is 0 Å². The summed E-state index contributed by atoms with van der Waals surface area (Å²) in [5, 5.41) is 9.87. The number of carbonyl (C=O) groups is 1. The standard InChI is InChI=1S/C18H20F2N6O2/c1-18(2,3)26-14-10(9-23-26)15(27)25-17(24-14)22-8-7-21-16(28)13-11(19)5-4-6-12(13)20/h4-6,9H,7-8H2,1-3H3,(H,21,28)(H2,22,24,25,27). The van der Waals surface area contributed by atoms with Gasteiger partial charge < -0.3 is 10.6 Å². The number of benzene rings is 1. The number of halogens is 2. The van der Waals surface area contributed by atoms with Crippen LogP contribution in [-0.2, 0) is 5.54 Å². The summed E-state index contributed by atoms with van der Waals surface area (Å²) in [5.74, 6) is -2.52. The number of hydrogen-bond acceptors (Lipinski definition) is 5. The molecule has 1 aromatic carbocycles. The Labute approximate surface area is 159 Å². The summed E-state index contributed by atoms with van der Waals surface area (Å²) in [6, 6.07) is 3.21. The van der Waals surface area contributed by atoms with Crippen molar-refractivity contribution in [2.75, 3.05) is 18.4 Å². The van der Waals surface area contributed by atoms with Crippen molar-refractivity contribution < 1.29 is 13.6 Å². The Balaban J connectivity index is 1.67. The zero-order valence-electron chi connectivity index (χ0n) is 15.6. The Hall–Kier alpha value is -3.30. The van der Waals surface area contributed by atoms with Crippen LogP contribution in [0.4, 0.5) is 14.7 Å². The van der Waals surface area contributed by atoms with E-state index in [1.54, 1.807) is 4.68 Å². The molecule has 0 saturated heterocycles. The smallest absolute Gasteiger partial charge is 0.263 e. The number of carbonyl (C=O) groups excluding carboxylic acids is 1. The fourth-order valence-corrected chi connectivity index (χ4v) is 2.65. The van der Waals surface area contributed by atoms with Crippen molar-refractivity contribution >= 4 is 22.9 Å². The molecule has 2 heterocycles. The Bertz CT molecular complexity index is 1060. The number of nitrogens with zero attached hydrogens (tertiary/aromatic N) is 3. The summed E-state index contributed by atoms with van der Waals surface area (Å²) >= 11 is 0. The molecule has 3 aromatic rings. The van der Waals surface area contributed by atoms with E-state index in [9.17, 15) is 18.4 Å². The van der Waals surface area contributed by atoms with Gasteiger partial charge in [-0.1, -0.05) is 6.07 Å². The molecule has 0 bridgehead atoms. The molecule has 10 heteroatoms. The number of anilines is 1. The molecule has 28 heavy (non-hydrogen) atoms. The first kappa shape index (κ1) is 19.5. The van der Waals surface area contributed by atoms with Crippen molar-refractivity contribution in [3.63, 3.8) is 0 Å². The monoisotopic (exact) mass is 390 g/mol. The molecule has 0 radical (unpaired) electrons. The molecule has 0 aliphatic carbocycles. The third-order valence-corrected chi connectivity index (χ3v) is 3.97. The van der Waals surface area contributed by atoms with Crippen molar-refractivity contribution in [2.24, 2.45) is 0 Å². The predicted octanol–water partition coefficient (Wildman–Crippen LogP) is 1.99. The van der Waals surface area contributed by atoms with Gasteiger partial charge in [0.1, 0.15) is 22.6 Å². The van der Waals surface area contributed by atoms with Crippen molar-refractivity contribution in [3.05, 3.63) is 51.9 Å². The van der Waals surface area contributed by atoms with E-state index in [2.05, 4.69) is 25.7 Å². The molecule has 0 fully saturated rings. The van der Waals surface area contributed by atoms with Crippen molar-refractivity contribution in [1.29, 1.82) is 0 Å². The summed E-state index contributed by atoms with van der Waals surface area (Å²) in [4.78, 5) is 31.1. The Kier molecular flexibility index (Phi) is 5.12. The average molecular weight is 390 g/mol. The third-order valence-electron chi connectivity index (χ3n) is 3.97. The molecule has 0 saturated carbocycles. The molecule has 3 rings (SSSR count). The minimum Gasteiger partial charge on any atom is -0.354 e. The van der Waals surface area contributed by atoms with Crippen LogP contribution in [0.15, 0.2) is 29.2 Å². The lowest BCUT2D eigenvalue weighted by Crippen LogP contribution is -2.31. The predicted molar refractivity (Wildman–Crippen MR) is 100 cm³/mol. The maximum absolute atomic E-state index is 13.6.